The lowest BCUT2D eigenvalue weighted by atomic mass is 10.2. The third-order valence-corrected chi connectivity index (χ3v) is 3.10. The first-order chi connectivity index (χ1) is 10.6. The summed E-state index contributed by atoms with van der Waals surface area (Å²) in [4.78, 5) is 11.9. The van der Waals surface area contributed by atoms with E-state index in [-0.39, 0.29) is 36.7 Å². The molecule has 3 N–H and O–H groups in total. The van der Waals surface area contributed by atoms with Crippen LogP contribution in [0.25, 0.3) is 0 Å². The molecule has 1 heterocycles. The number of nitrogens with one attached hydrogen (secondary N) is 2. The molecule has 1 aromatic heterocycles. The van der Waals surface area contributed by atoms with Crippen LogP contribution in [0.15, 0.2) is 30.3 Å². The Morgan fingerprint density at radius 3 is 3.00 bits per heavy atom. The Bertz CT molecular complexity index is 626. The van der Waals surface area contributed by atoms with Crippen LogP contribution in [0, 0.1) is 5.82 Å². The molecule has 0 aliphatic rings. The number of hydrogen-bond acceptors (Lipinski definition) is 4. The van der Waals surface area contributed by atoms with E-state index in [4.69, 9.17) is 9.84 Å². The number of aromatic amines is 1. The van der Waals surface area contributed by atoms with Crippen molar-refractivity contribution in [2.75, 3.05) is 6.61 Å². The summed E-state index contributed by atoms with van der Waals surface area (Å²) in [7, 11) is 0. The fraction of sp³-hybridized carbons (Fsp3) is 0.333. The zero-order valence-corrected chi connectivity index (χ0v) is 12.2. The summed E-state index contributed by atoms with van der Waals surface area (Å²) in [5, 5.41) is 18.3. The molecule has 0 radical (unpaired) electrons. The number of H-pyrrole nitrogens is 1. The van der Waals surface area contributed by atoms with Crippen molar-refractivity contribution in [1.82, 2.24) is 15.5 Å². The van der Waals surface area contributed by atoms with E-state index in [0.29, 0.717) is 17.9 Å². The van der Waals surface area contributed by atoms with Crippen molar-refractivity contribution < 1.29 is 19.0 Å². The molecule has 22 heavy (non-hydrogen) atoms. The lowest BCUT2D eigenvalue weighted by Gasteiger charge is -2.12. The highest BCUT2D eigenvalue weighted by molar-refractivity contribution is 5.92. The molecule has 0 aliphatic heterocycles. The van der Waals surface area contributed by atoms with E-state index in [1.54, 1.807) is 18.2 Å². The van der Waals surface area contributed by atoms with Crippen molar-refractivity contribution in [1.29, 1.82) is 0 Å². The average Bonchev–Trinajstić information content (AvgIpc) is 2.99. The van der Waals surface area contributed by atoms with Crippen molar-refractivity contribution >= 4 is 5.91 Å². The first kappa shape index (κ1) is 16.0. The molecule has 1 atom stereocenters. The molecule has 0 spiro atoms. The quantitative estimate of drug-likeness (QED) is 0.725. The summed E-state index contributed by atoms with van der Waals surface area (Å²) in [6.07, 6.45) is 0.627. The van der Waals surface area contributed by atoms with Crippen molar-refractivity contribution in [2.24, 2.45) is 0 Å². The fourth-order valence-corrected chi connectivity index (χ4v) is 1.81. The second-order valence-electron chi connectivity index (χ2n) is 4.79. The zero-order valence-electron chi connectivity index (χ0n) is 12.2. The predicted octanol–water partition coefficient (Wildman–Crippen LogP) is 1.63. The van der Waals surface area contributed by atoms with E-state index in [2.05, 4.69) is 15.5 Å². The molecule has 0 saturated heterocycles. The number of benzene rings is 1. The minimum Gasteiger partial charge on any atom is -0.487 e. The molecule has 2 rings (SSSR count). The number of carbonyl (C=O) groups excluding carboxylic acids is 1. The molecule has 0 bridgehead atoms. The van der Waals surface area contributed by atoms with Gasteiger partial charge in [0, 0.05) is 6.07 Å². The van der Waals surface area contributed by atoms with Crippen LogP contribution in [0.1, 0.15) is 29.5 Å². The monoisotopic (exact) mass is 307 g/mol. The topological polar surface area (TPSA) is 87.2 Å². The van der Waals surface area contributed by atoms with Crippen molar-refractivity contribution in [3.8, 4) is 5.75 Å². The minimum absolute atomic E-state index is 0.123. The van der Waals surface area contributed by atoms with Gasteiger partial charge in [-0.05, 0) is 24.6 Å². The molecule has 0 aliphatic carbocycles. The summed E-state index contributed by atoms with van der Waals surface area (Å²) < 4.78 is 18.4. The SMILES string of the molecule is CCC(CO)NC(=O)c1cc(COc2cccc(F)c2)[nH]n1. The van der Waals surface area contributed by atoms with Gasteiger partial charge in [-0.1, -0.05) is 13.0 Å². The van der Waals surface area contributed by atoms with Crippen LogP contribution in [-0.2, 0) is 6.61 Å². The average molecular weight is 307 g/mol. The maximum Gasteiger partial charge on any atom is 0.272 e. The predicted molar refractivity (Wildman–Crippen MR) is 78.0 cm³/mol. The second-order valence-corrected chi connectivity index (χ2v) is 4.79. The van der Waals surface area contributed by atoms with Gasteiger partial charge in [-0.25, -0.2) is 4.39 Å². The molecule has 1 unspecified atom stereocenters. The Morgan fingerprint density at radius 2 is 2.32 bits per heavy atom. The Morgan fingerprint density at radius 1 is 1.50 bits per heavy atom. The van der Waals surface area contributed by atoms with Gasteiger partial charge in [-0.3, -0.25) is 9.89 Å². The Labute approximate surface area is 127 Å². The molecule has 0 fully saturated rings. The fourth-order valence-electron chi connectivity index (χ4n) is 1.81. The number of nitrogens with zero attached hydrogens (tertiary/aromatic N) is 1. The molecule has 0 saturated carbocycles. The Kier molecular flexibility index (Phi) is 5.48. The van der Waals surface area contributed by atoms with E-state index in [9.17, 15) is 9.18 Å². The lowest BCUT2D eigenvalue weighted by Crippen LogP contribution is -2.37. The van der Waals surface area contributed by atoms with Crippen LogP contribution in [0.5, 0.6) is 5.75 Å². The summed E-state index contributed by atoms with van der Waals surface area (Å²) in [6.45, 7) is 1.88. The highest BCUT2D eigenvalue weighted by Crippen LogP contribution is 2.13. The van der Waals surface area contributed by atoms with Crippen molar-refractivity contribution in [2.45, 2.75) is 26.0 Å². The number of amides is 1. The number of carbonyl (C=O) groups is 1. The lowest BCUT2D eigenvalue weighted by molar-refractivity contribution is 0.0910. The third-order valence-electron chi connectivity index (χ3n) is 3.10. The first-order valence-electron chi connectivity index (χ1n) is 6.96. The zero-order chi connectivity index (χ0) is 15.9. The molecule has 118 valence electrons. The first-order valence-corrected chi connectivity index (χ1v) is 6.96. The summed E-state index contributed by atoms with van der Waals surface area (Å²) >= 11 is 0. The minimum atomic E-state index is -0.378. The summed E-state index contributed by atoms with van der Waals surface area (Å²) in [5.74, 6) is -0.349. The van der Waals surface area contributed by atoms with Gasteiger partial charge in [0.15, 0.2) is 0 Å². The smallest absolute Gasteiger partial charge is 0.272 e. The number of halogens is 1. The highest BCUT2D eigenvalue weighted by Gasteiger charge is 2.14. The molecule has 7 heteroatoms. The number of aliphatic hydroxyl groups is 1. The maximum atomic E-state index is 13.0. The van der Waals surface area contributed by atoms with Gasteiger partial charge in [-0.15, -0.1) is 0 Å². The normalized spacial score (nSPS) is 12.0. The van der Waals surface area contributed by atoms with Gasteiger partial charge < -0.3 is 15.2 Å². The van der Waals surface area contributed by atoms with Crippen LogP contribution in [0.4, 0.5) is 4.39 Å². The Balaban J connectivity index is 1.92. The number of aromatic nitrogens is 2. The van der Waals surface area contributed by atoms with Gasteiger partial charge in [0.1, 0.15) is 23.9 Å². The van der Waals surface area contributed by atoms with Crippen LogP contribution in [-0.4, -0.2) is 33.9 Å². The van der Waals surface area contributed by atoms with E-state index < -0.39 is 0 Å². The van der Waals surface area contributed by atoms with Crippen molar-refractivity contribution in [3.63, 3.8) is 0 Å². The van der Waals surface area contributed by atoms with Crippen LogP contribution < -0.4 is 10.1 Å². The molecule has 2 aromatic rings. The highest BCUT2D eigenvalue weighted by atomic mass is 19.1. The van der Waals surface area contributed by atoms with Crippen LogP contribution in [0.2, 0.25) is 0 Å². The molecular weight excluding hydrogens is 289 g/mol. The molecule has 1 aromatic carbocycles. The largest absolute Gasteiger partial charge is 0.487 e. The molecule has 1 amide bonds. The number of rotatable bonds is 7. The van der Waals surface area contributed by atoms with Gasteiger partial charge in [0.05, 0.1) is 18.3 Å². The van der Waals surface area contributed by atoms with Gasteiger partial charge >= 0.3 is 0 Å². The van der Waals surface area contributed by atoms with Crippen LogP contribution >= 0.6 is 0 Å². The van der Waals surface area contributed by atoms with Crippen LogP contribution in [0.3, 0.4) is 0 Å². The summed E-state index contributed by atoms with van der Waals surface area (Å²) in [6, 6.07) is 7.06. The van der Waals surface area contributed by atoms with Crippen molar-refractivity contribution in [3.05, 3.63) is 47.5 Å². The van der Waals surface area contributed by atoms with E-state index in [1.165, 1.54) is 12.1 Å². The number of aliphatic hydroxyl groups excluding tert-OH is 1. The Hall–Kier alpha value is -2.41. The number of hydrogen-bond donors (Lipinski definition) is 3. The van der Waals surface area contributed by atoms with E-state index in [0.717, 1.165) is 0 Å². The molecule has 6 nitrogen and oxygen atoms in total. The number of ether oxygens (including phenoxy) is 1. The van der Waals surface area contributed by atoms with Gasteiger partial charge in [-0.2, -0.15) is 5.10 Å². The third kappa shape index (κ3) is 4.29. The standard InChI is InChI=1S/C15H18FN3O3/c1-2-11(8-20)17-15(21)14-7-12(18-19-14)9-22-13-5-3-4-10(16)6-13/h3-7,11,20H,2,8-9H2,1H3,(H,17,21)(H,18,19). The van der Waals surface area contributed by atoms with E-state index in [1.807, 2.05) is 6.92 Å². The van der Waals surface area contributed by atoms with Gasteiger partial charge in [0.25, 0.3) is 5.91 Å². The molecular formula is C15H18FN3O3. The summed E-state index contributed by atoms with van der Waals surface area (Å²) in [5.41, 5.74) is 0.802. The van der Waals surface area contributed by atoms with Gasteiger partial charge in [0.2, 0.25) is 0 Å². The second kappa shape index (κ2) is 7.56. The van der Waals surface area contributed by atoms with E-state index >= 15 is 0 Å². The maximum absolute atomic E-state index is 13.0.